The minimum Gasteiger partial charge on any atom is -0.466 e. The van der Waals surface area contributed by atoms with Crippen LogP contribution in [0.2, 0.25) is 0 Å². The van der Waals surface area contributed by atoms with Gasteiger partial charge in [-0.05, 0) is 33.6 Å². The number of hydrogen-bond donors (Lipinski definition) is 0. The summed E-state index contributed by atoms with van der Waals surface area (Å²) in [5.74, 6) is -0.205. The first-order valence-electron chi connectivity index (χ1n) is 9.53. The monoisotopic (exact) mass is 435 g/mol. The highest BCUT2D eigenvalue weighted by Gasteiger charge is 2.36. The zero-order valence-corrected chi connectivity index (χ0v) is 18.3. The molecule has 6 nitrogen and oxygen atoms in total. The summed E-state index contributed by atoms with van der Waals surface area (Å²) in [5, 5.41) is 0. The Labute approximate surface area is 166 Å². The third-order valence-electron chi connectivity index (χ3n) is 4.35. The second-order valence-corrected chi connectivity index (χ2v) is 9.80. The Balaban J connectivity index is 2.90. The molecule has 0 aliphatic carbocycles. The lowest BCUT2D eigenvalue weighted by Gasteiger charge is -2.34. The van der Waals surface area contributed by atoms with Crippen LogP contribution in [0.3, 0.4) is 0 Å². The Morgan fingerprint density at radius 2 is 2.04 bits per heavy atom. The Kier molecular flexibility index (Phi) is 9.93. The minimum atomic E-state index is -0.384. The normalized spacial score (nSPS) is 21.4. The molecule has 1 heterocycles. The van der Waals surface area contributed by atoms with E-state index in [0.717, 1.165) is 19.3 Å². The Morgan fingerprint density at radius 3 is 2.62 bits per heavy atom. The van der Waals surface area contributed by atoms with E-state index in [0.29, 0.717) is 26.4 Å². The predicted molar refractivity (Wildman–Crippen MR) is 105 cm³/mol. The molecule has 0 bridgehead atoms. The highest BCUT2D eigenvalue weighted by atomic mass is 79.9. The average molecular weight is 436 g/mol. The van der Waals surface area contributed by atoms with Gasteiger partial charge in [-0.1, -0.05) is 36.2 Å². The summed E-state index contributed by atoms with van der Waals surface area (Å²) < 4.78 is 16.3. The fraction of sp³-hybridized carbons (Fsp3) is 0.895. The van der Waals surface area contributed by atoms with Crippen molar-refractivity contribution in [1.29, 1.82) is 0 Å². The SMILES string of the molecule is CCOC(=O)C[C@@H]1[C@H](CCCC(C)(C)Br)COCCN1C(=O)OC(C)C. The maximum atomic E-state index is 12.6. The molecule has 1 fully saturated rings. The number of nitrogens with zero attached hydrogens (tertiary/aromatic N) is 1. The molecule has 0 aromatic heterocycles. The van der Waals surface area contributed by atoms with Crippen LogP contribution in [0.5, 0.6) is 0 Å². The first-order chi connectivity index (χ1) is 12.1. The summed E-state index contributed by atoms with van der Waals surface area (Å²) >= 11 is 3.67. The number of amides is 1. The maximum absolute atomic E-state index is 12.6. The van der Waals surface area contributed by atoms with E-state index < -0.39 is 0 Å². The fourth-order valence-electron chi connectivity index (χ4n) is 3.15. The second-order valence-electron chi connectivity index (χ2n) is 7.65. The molecular formula is C19H34BrNO5. The van der Waals surface area contributed by atoms with Crippen LogP contribution in [0.25, 0.3) is 0 Å². The molecule has 0 aromatic carbocycles. The molecule has 7 heteroatoms. The van der Waals surface area contributed by atoms with Crippen molar-refractivity contribution in [2.75, 3.05) is 26.4 Å². The number of halogens is 1. The van der Waals surface area contributed by atoms with Crippen LogP contribution >= 0.6 is 15.9 Å². The van der Waals surface area contributed by atoms with Crippen molar-refractivity contribution >= 4 is 28.0 Å². The molecule has 0 aromatic rings. The van der Waals surface area contributed by atoms with Crippen LogP contribution < -0.4 is 0 Å². The number of carbonyl (C=O) groups is 2. The smallest absolute Gasteiger partial charge is 0.410 e. The molecule has 1 amide bonds. The van der Waals surface area contributed by atoms with Crippen molar-refractivity contribution in [3.63, 3.8) is 0 Å². The first kappa shape index (κ1) is 23.2. The van der Waals surface area contributed by atoms with Gasteiger partial charge in [-0.25, -0.2) is 4.79 Å². The van der Waals surface area contributed by atoms with E-state index in [4.69, 9.17) is 14.2 Å². The van der Waals surface area contributed by atoms with Crippen molar-refractivity contribution in [3.05, 3.63) is 0 Å². The summed E-state index contributed by atoms with van der Waals surface area (Å²) in [7, 11) is 0. The number of ether oxygens (including phenoxy) is 3. The lowest BCUT2D eigenvalue weighted by Crippen LogP contribution is -2.47. The first-order valence-corrected chi connectivity index (χ1v) is 10.3. The van der Waals surface area contributed by atoms with Crippen molar-refractivity contribution < 1.29 is 23.8 Å². The van der Waals surface area contributed by atoms with E-state index in [9.17, 15) is 9.59 Å². The molecule has 0 spiro atoms. The number of hydrogen-bond acceptors (Lipinski definition) is 5. The van der Waals surface area contributed by atoms with Gasteiger partial charge in [-0.2, -0.15) is 0 Å². The van der Waals surface area contributed by atoms with E-state index in [1.165, 1.54) is 0 Å². The van der Waals surface area contributed by atoms with Gasteiger partial charge in [-0.3, -0.25) is 4.79 Å². The summed E-state index contributed by atoms with van der Waals surface area (Å²) in [6, 6.07) is -0.263. The Bertz CT molecular complexity index is 450. The number of esters is 1. The van der Waals surface area contributed by atoms with E-state index in [1.54, 1.807) is 11.8 Å². The number of carbonyl (C=O) groups excluding carboxylic acids is 2. The van der Waals surface area contributed by atoms with E-state index >= 15 is 0 Å². The van der Waals surface area contributed by atoms with E-state index in [-0.39, 0.29) is 40.9 Å². The topological polar surface area (TPSA) is 65.1 Å². The molecule has 0 unspecified atom stereocenters. The van der Waals surface area contributed by atoms with Crippen LogP contribution in [0.15, 0.2) is 0 Å². The average Bonchev–Trinajstić information content (AvgIpc) is 2.68. The van der Waals surface area contributed by atoms with Crippen molar-refractivity contribution in [3.8, 4) is 0 Å². The number of alkyl halides is 1. The summed E-state index contributed by atoms with van der Waals surface area (Å²) in [4.78, 5) is 26.4. The van der Waals surface area contributed by atoms with E-state index in [1.807, 2.05) is 13.8 Å². The van der Waals surface area contributed by atoms with Crippen molar-refractivity contribution in [2.45, 2.75) is 76.8 Å². The van der Waals surface area contributed by atoms with Crippen LogP contribution in [0.4, 0.5) is 4.79 Å². The van der Waals surface area contributed by atoms with Gasteiger partial charge in [0.25, 0.3) is 0 Å². The summed E-state index contributed by atoms with van der Waals surface area (Å²) in [5.41, 5.74) is 0. The van der Waals surface area contributed by atoms with Crippen molar-refractivity contribution in [1.82, 2.24) is 4.90 Å². The van der Waals surface area contributed by atoms with Gasteiger partial charge in [0.05, 0.1) is 38.4 Å². The zero-order chi connectivity index (χ0) is 19.7. The lowest BCUT2D eigenvalue weighted by molar-refractivity contribution is -0.144. The molecule has 1 aliphatic heterocycles. The second kappa shape index (κ2) is 11.1. The highest BCUT2D eigenvalue weighted by Crippen LogP contribution is 2.29. The van der Waals surface area contributed by atoms with Gasteiger partial charge in [-0.15, -0.1) is 0 Å². The van der Waals surface area contributed by atoms with Crippen LogP contribution in [-0.4, -0.2) is 59.8 Å². The predicted octanol–water partition coefficient (Wildman–Crippen LogP) is 4.15. The highest BCUT2D eigenvalue weighted by molar-refractivity contribution is 9.10. The van der Waals surface area contributed by atoms with E-state index in [2.05, 4.69) is 29.8 Å². The molecule has 0 N–H and O–H groups in total. The van der Waals surface area contributed by atoms with Gasteiger partial charge in [0.2, 0.25) is 0 Å². The standard InChI is InChI=1S/C19H34BrNO5/c1-6-25-17(22)12-16-15(8-7-9-19(4,5)20)13-24-11-10-21(16)18(23)26-14(2)3/h14-16H,6-13H2,1-5H3/t15-,16-/m1/s1. The molecule has 1 saturated heterocycles. The number of rotatable bonds is 8. The molecule has 1 rings (SSSR count). The van der Waals surface area contributed by atoms with Gasteiger partial charge in [0.15, 0.2) is 0 Å². The molecular weight excluding hydrogens is 402 g/mol. The molecule has 0 radical (unpaired) electrons. The van der Waals surface area contributed by atoms with Gasteiger partial charge in [0, 0.05) is 16.8 Å². The van der Waals surface area contributed by atoms with Gasteiger partial charge < -0.3 is 19.1 Å². The molecule has 26 heavy (non-hydrogen) atoms. The largest absolute Gasteiger partial charge is 0.466 e. The summed E-state index contributed by atoms with van der Waals surface area (Å²) in [6.07, 6.45) is 2.45. The molecule has 1 aliphatic rings. The minimum absolute atomic E-state index is 0.0749. The van der Waals surface area contributed by atoms with Crippen molar-refractivity contribution in [2.24, 2.45) is 5.92 Å². The van der Waals surface area contributed by atoms with Crippen LogP contribution in [0, 0.1) is 5.92 Å². The molecule has 2 atom stereocenters. The fourth-order valence-corrected chi connectivity index (χ4v) is 3.43. The third-order valence-corrected chi connectivity index (χ3v) is 4.75. The lowest BCUT2D eigenvalue weighted by atomic mass is 9.90. The molecule has 152 valence electrons. The van der Waals surface area contributed by atoms with Gasteiger partial charge in [0.1, 0.15) is 0 Å². The Hall–Kier alpha value is -0.820. The van der Waals surface area contributed by atoms with Crippen LogP contribution in [-0.2, 0) is 19.0 Å². The van der Waals surface area contributed by atoms with Crippen LogP contribution in [0.1, 0.15) is 60.3 Å². The quantitative estimate of drug-likeness (QED) is 0.423. The maximum Gasteiger partial charge on any atom is 0.410 e. The third kappa shape index (κ3) is 8.71. The van der Waals surface area contributed by atoms with Gasteiger partial charge >= 0.3 is 12.1 Å². The summed E-state index contributed by atoms with van der Waals surface area (Å²) in [6.45, 7) is 11.5. The zero-order valence-electron chi connectivity index (χ0n) is 16.8. The Morgan fingerprint density at radius 1 is 1.35 bits per heavy atom. The molecule has 0 saturated carbocycles.